The summed E-state index contributed by atoms with van der Waals surface area (Å²) in [5.74, 6) is -2.09. The van der Waals surface area contributed by atoms with Gasteiger partial charge in [-0.15, -0.1) is 0 Å². The molecule has 0 aromatic heterocycles. The van der Waals surface area contributed by atoms with Crippen molar-refractivity contribution < 1.29 is 28.2 Å². The van der Waals surface area contributed by atoms with Crippen molar-refractivity contribution >= 4 is 18.0 Å². The van der Waals surface area contributed by atoms with Gasteiger partial charge in [0.25, 0.3) is 5.91 Å². The van der Waals surface area contributed by atoms with Gasteiger partial charge >= 0.3 is 12.1 Å². The summed E-state index contributed by atoms with van der Waals surface area (Å²) in [7, 11) is 0. The first-order valence-corrected chi connectivity index (χ1v) is 5.42. The minimum Gasteiger partial charge on any atom is -0.452 e. The van der Waals surface area contributed by atoms with Crippen LogP contribution in [-0.2, 0) is 14.3 Å². The highest BCUT2D eigenvalue weighted by Gasteiger charge is 2.12. The van der Waals surface area contributed by atoms with Gasteiger partial charge in [-0.2, -0.15) is 0 Å². The van der Waals surface area contributed by atoms with Crippen molar-refractivity contribution in [2.45, 2.75) is 6.92 Å². The van der Waals surface area contributed by atoms with E-state index in [1.807, 2.05) is 5.32 Å². The molecule has 0 unspecified atom stereocenters. The topological polar surface area (TPSA) is 81.7 Å². The molecule has 0 aliphatic heterocycles. The molecule has 102 valence electrons. The van der Waals surface area contributed by atoms with Crippen LogP contribution in [-0.4, -0.2) is 31.2 Å². The van der Waals surface area contributed by atoms with Crippen LogP contribution in [0, 0.1) is 5.82 Å². The largest absolute Gasteiger partial charge is 0.452 e. The monoisotopic (exact) mass is 269 g/mol. The predicted molar refractivity (Wildman–Crippen MR) is 61.8 cm³/mol. The second-order valence-corrected chi connectivity index (χ2v) is 3.35. The number of benzene rings is 1. The normalized spacial score (nSPS) is 9.58. The van der Waals surface area contributed by atoms with Gasteiger partial charge in [-0.25, -0.2) is 14.0 Å². The summed E-state index contributed by atoms with van der Waals surface area (Å²) in [5.41, 5.74) is 0.102. The van der Waals surface area contributed by atoms with Crippen molar-refractivity contribution in [1.29, 1.82) is 0 Å². The summed E-state index contributed by atoms with van der Waals surface area (Å²) in [4.78, 5) is 33.5. The molecule has 0 saturated heterocycles. The molecule has 2 amide bonds. The predicted octanol–water partition coefficient (Wildman–Crippen LogP) is 1.26. The number of esters is 1. The number of imide groups is 1. The van der Waals surface area contributed by atoms with Crippen molar-refractivity contribution in [2.75, 3.05) is 13.2 Å². The van der Waals surface area contributed by atoms with Crippen LogP contribution in [0.15, 0.2) is 24.3 Å². The van der Waals surface area contributed by atoms with Gasteiger partial charge in [0.05, 0.1) is 12.2 Å². The minimum absolute atomic E-state index is 0.102. The first kappa shape index (κ1) is 14.6. The Labute approximate surface area is 108 Å². The Hall–Kier alpha value is -2.44. The molecule has 0 bridgehead atoms. The van der Waals surface area contributed by atoms with Crippen LogP contribution in [0.1, 0.15) is 17.3 Å². The fraction of sp³-hybridized carbons (Fsp3) is 0.250. The lowest BCUT2D eigenvalue weighted by atomic mass is 10.2. The van der Waals surface area contributed by atoms with Crippen LogP contribution in [0.3, 0.4) is 0 Å². The van der Waals surface area contributed by atoms with E-state index >= 15 is 0 Å². The van der Waals surface area contributed by atoms with Crippen molar-refractivity contribution in [1.82, 2.24) is 5.32 Å². The molecule has 0 aliphatic carbocycles. The minimum atomic E-state index is -0.912. The van der Waals surface area contributed by atoms with E-state index in [9.17, 15) is 18.8 Å². The van der Waals surface area contributed by atoms with Crippen molar-refractivity contribution in [3.63, 3.8) is 0 Å². The number of amides is 2. The molecule has 1 rings (SSSR count). The van der Waals surface area contributed by atoms with Gasteiger partial charge in [0, 0.05) is 0 Å². The van der Waals surface area contributed by atoms with Gasteiger partial charge in [-0.05, 0) is 31.2 Å². The quantitative estimate of drug-likeness (QED) is 0.832. The first-order chi connectivity index (χ1) is 9.02. The maximum Gasteiger partial charge on any atom is 0.413 e. The second kappa shape index (κ2) is 7.10. The summed E-state index contributed by atoms with van der Waals surface area (Å²) >= 11 is 0. The lowest BCUT2D eigenvalue weighted by Crippen LogP contribution is -2.34. The van der Waals surface area contributed by atoms with E-state index in [1.54, 1.807) is 6.92 Å². The number of alkyl carbamates (subject to hydrolysis) is 1. The molecule has 0 aliphatic rings. The van der Waals surface area contributed by atoms with Gasteiger partial charge in [-0.1, -0.05) is 0 Å². The highest BCUT2D eigenvalue weighted by Crippen LogP contribution is 2.04. The van der Waals surface area contributed by atoms with Gasteiger partial charge in [0.2, 0.25) is 0 Å². The molecule has 0 radical (unpaired) electrons. The third-order valence-electron chi connectivity index (χ3n) is 1.93. The van der Waals surface area contributed by atoms with Crippen molar-refractivity contribution in [3.05, 3.63) is 35.6 Å². The average Bonchev–Trinajstić information content (AvgIpc) is 2.37. The molecule has 1 N–H and O–H groups in total. The zero-order chi connectivity index (χ0) is 14.3. The zero-order valence-electron chi connectivity index (χ0n) is 10.1. The molecule has 6 nitrogen and oxygen atoms in total. The summed E-state index contributed by atoms with van der Waals surface area (Å²) in [6.45, 7) is 1.07. The van der Waals surface area contributed by atoms with Gasteiger partial charge in [-0.3, -0.25) is 10.1 Å². The standard InChI is InChI=1S/C12H12FNO5/c1-2-18-12(17)14-10(15)7-19-11(16)8-3-5-9(13)6-4-8/h3-6H,2,7H2,1H3,(H,14,15,17). The number of carbonyl (C=O) groups is 3. The Balaban J connectivity index is 2.40. The van der Waals surface area contributed by atoms with E-state index in [-0.39, 0.29) is 12.2 Å². The Morgan fingerprint density at radius 1 is 1.16 bits per heavy atom. The van der Waals surface area contributed by atoms with E-state index in [2.05, 4.69) is 9.47 Å². The van der Waals surface area contributed by atoms with Crippen LogP contribution in [0.25, 0.3) is 0 Å². The smallest absolute Gasteiger partial charge is 0.413 e. The molecular formula is C12H12FNO5. The van der Waals surface area contributed by atoms with Gasteiger partial charge in [0.1, 0.15) is 5.82 Å². The van der Waals surface area contributed by atoms with Crippen LogP contribution in [0.5, 0.6) is 0 Å². The number of nitrogens with one attached hydrogen (secondary N) is 1. The maximum absolute atomic E-state index is 12.6. The van der Waals surface area contributed by atoms with E-state index in [4.69, 9.17) is 0 Å². The molecule has 0 spiro atoms. The number of carbonyl (C=O) groups excluding carboxylic acids is 3. The molecule has 0 heterocycles. The molecule has 1 aromatic carbocycles. The average molecular weight is 269 g/mol. The lowest BCUT2D eigenvalue weighted by molar-refractivity contribution is -0.123. The molecule has 7 heteroatoms. The summed E-state index contributed by atoms with van der Waals surface area (Å²) in [5, 5.41) is 1.86. The van der Waals surface area contributed by atoms with Crippen molar-refractivity contribution in [2.24, 2.45) is 0 Å². The highest BCUT2D eigenvalue weighted by atomic mass is 19.1. The van der Waals surface area contributed by atoms with Crippen LogP contribution in [0.4, 0.5) is 9.18 Å². The molecule has 19 heavy (non-hydrogen) atoms. The van der Waals surface area contributed by atoms with Gasteiger partial charge in [0.15, 0.2) is 6.61 Å². The van der Waals surface area contributed by atoms with E-state index in [0.717, 1.165) is 12.1 Å². The Bertz CT molecular complexity index is 472. The first-order valence-electron chi connectivity index (χ1n) is 5.42. The zero-order valence-corrected chi connectivity index (χ0v) is 10.1. The fourth-order valence-corrected chi connectivity index (χ4v) is 1.12. The van der Waals surface area contributed by atoms with E-state index < -0.39 is 30.4 Å². The second-order valence-electron chi connectivity index (χ2n) is 3.35. The highest BCUT2D eigenvalue weighted by molar-refractivity contribution is 5.95. The molecule has 0 fully saturated rings. The number of ether oxygens (including phenoxy) is 2. The van der Waals surface area contributed by atoms with Crippen LogP contribution < -0.4 is 5.32 Å². The molecule has 0 saturated carbocycles. The Morgan fingerprint density at radius 3 is 2.37 bits per heavy atom. The summed E-state index contributed by atoms with van der Waals surface area (Å²) in [6, 6.07) is 4.63. The van der Waals surface area contributed by atoms with Crippen LogP contribution in [0.2, 0.25) is 0 Å². The SMILES string of the molecule is CCOC(=O)NC(=O)COC(=O)c1ccc(F)cc1. The summed E-state index contributed by atoms with van der Waals surface area (Å²) in [6.07, 6.45) is -0.912. The Kier molecular flexibility index (Phi) is 5.46. The maximum atomic E-state index is 12.6. The molecular weight excluding hydrogens is 257 g/mol. The Morgan fingerprint density at radius 2 is 1.79 bits per heavy atom. The third-order valence-corrected chi connectivity index (χ3v) is 1.93. The van der Waals surface area contributed by atoms with E-state index in [1.165, 1.54) is 12.1 Å². The van der Waals surface area contributed by atoms with Crippen molar-refractivity contribution in [3.8, 4) is 0 Å². The van der Waals surface area contributed by atoms with E-state index in [0.29, 0.717) is 0 Å². The fourth-order valence-electron chi connectivity index (χ4n) is 1.12. The van der Waals surface area contributed by atoms with Gasteiger partial charge < -0.3 is 9.47 Å². The van der Waals surface area contributed by atoms with Crippen LogP contribution >= 0.6 is 0 Å². The third kappa shape index (κ3) is 5.15. The lowest BCUT2D eigenvalue weighted by Gasteiger charge is -2.05. The number of hydrogen-bond donors (Lipinski definition) is 1. The molecule has 0 atom stereocenters. The number of hydrogen-bond acceptors (Lipinski definition) is 5. The molecule has 1 aromatic rings. The summed E-state index contributed by atoms with van der Waals surface area (Å²) < 4.78 is 21.7. The number of halogens is 1. The number of rotatable bonds is 4.